The van der Waals surface area contributed by atoms with Gasteiger partial charge in [-0.05, 0) is 18.6 Å². The minimum atomic E-state index is -0.371. The molecule has 0 aromatic heterocycles. The van der Waals surface area contributed by atoms with Gasteiger partial charge in [0, 0.05) is 45.0 Å². The molecular weight excluding hydrogens is 252 g/mol. The lowest BCUT2D eigenvalue weighted by Crippen LogP contribution is -2.49. The van der Waals surface area contributed by atoms with Crippen molar-refractivity contribution in [1.29, 1.82) is 0 Å². The highest BCUT2D eigenvalue weighted by Crippen LogP contribution is 2.15. The number of anilines is 1. The second-order valence-electron chi connectivity index (χ2n) is 5.35. The van der Waals surface area contributed by atoms with Gasteiger partial charge in [0.15, 0.2) is 0 Å². The maximum atomic E-state index is 9.93. The Morgan fingerprint density at radius 3 is 2.50 bits per heavy atom. The summed E-state index contributed by atoms with van der Waals surface area (Å²) in [5.74, 6) is 0. The van der Waals surface area contributed by atoms with Crippen molar-refractivity contribution in [3.8, 4) is 0 Å². The van der Waals surface area contributed by atoms with Crippen LogP contribution in [-0.2, 0) is 4.74 Å². The number of hydrogen-bond donors (Lipinski definition) is 1. The Kier molecular flexibility index (Phi) is 6.30. The summed E-state index contributed by atoms with van der Waals surface area (Å²) in [6.45, 7) is 8.02. The molecule has 1 aliphatic rings. The van der Waals surface area contributed by atoms with Crippen molar-refractivity contribution in [3.63, 3.8) is 0 Å². The minimum absolute atomic E-state index is 0.371. The average molecular weight is 278 g/mol. The number of piperazine rings is 1. The van der Waals surface area contributed by atoms with Crippen molar-refractivity contribution in [3.05, 3.63) is 30.3 Å². The number of nitrogens with zero attached hydrogens (tertiary/aromatic N) is 2. The number of aliphatic hydroxyl groups is 1. The first-order valence-corrected chi connectivity index (χ1v) is 7.57. The maximum absolute atomic E-state index is 9.93. The molecule has 1 fully saturated rings. The van der Waals surface area contributed by atoms with E-state index in [0.717, 1.165) is 39.2 Å². The van der Waals surface area contributed by atoms with Crippen molar-refractivity contribution in [2.45, 2.75) is 19.4 Å². The van der Waals surface area contributed by atoms with Crippen LogP contribution in [0.1, 0.15) is 13.3 Å². The largest absolute Gasteiger partial charge is 0.389 e. The molecule has 1 aliphatic heterocycles. The van der Waals surface area contributed by atoms with Gasteiger partial charge in [0.05, 0.1) is 12.7 Å². The molecule has 0 bridgehead atoms. The molecule has 0 radical (unpaired) electrons. The predicted octanol–water partition coefficient (Wildman–Crippen LogP) is 1.60. The van der Waals surface area contributed by atoms with Gasteiger partial charge in [-0.3, -0.25) is 4.90 Å². The first-order valence-electron chi connectivity index (χ1n) is 7.57. The first kappa shape index (κ1) is 15.3. The van der Waals surface area contributed by atoms with Crippen LogP contribution in [0.2, 0.25) is 0 Å². The van der Waals surface area contributed by atoms with Crippen molar-refractivity contribution >= 4 is 5.69 Å². The van der Waals surface area contributed by atoms with Crippen LogP contribution in [-0.4, -0.2) is 62.0 Å². The Labute approximate surface area is 122 Å². The summed E-state index contributed by atoms with van der Waals surface area (Å²) in [5, 5.41) is 9.93. The Balaban J connectivity index is 1.69. The monoisotopic (exact) mass is 278 g/mol. The SMILES string of the molecule is CCCOC[C@H](O)CN1CCN(c2ccccc2)CC1. The number of hydrogen-bond acceptors (Lipinski definition) is 4. The van der Waals surface area contributed by atoms with Crippen LogP contribution >= 0.6 is 0 Å². The second-order valence-corrected chi connectivity index (χ2v) is 5.35. The lowest BCUT2D eigenvalue weighted by Gasteiger charge is -2.36. The molecule has 1 heterocycles. The van der Waals surface area contributed by atoms with E-state index >= 15 is 0 Å². The highest BCUT2D eigenvalue weighted by atomic mass is 16.5. The van der Waals surface area contributed by atoms with Gasteiger partial charge >= 0.3 is 0 Å². The van der Waals surface area contributed by atoms with E-state index in [4.69, 9.17) is 4.74 Å². The number of aliphatic hydroxyl groups excluding tert-OH is 1. The van der Waals surface area contributed by atoms with Crippen molar-refractivity contribution < 1.29 is 9.84 Å². The Morgan fingerprint density at radius 2 is 1.85 bits per heavy atom. The van der Waals surface area contributed by atoms with Crippen LogP contribution in [0.15, 0.2) is 30.3 Å². The van der Waals surface area contributed by atoms with Crippen LogP contribution in [0, 0.1) is 0 Å². The van der Waals surface area contributed by atoms with Gasteiger partial charge in [-0.2, -0.15) is 0 Å². The zero-order valence-corrected chi connectivity index (χ0v) is 12.4. The van der Waals surface area contributed by atoms with E-state index < -0.39 is 0 Å². The van der Waals surface area contributed by atoms with Crippen LogP contribution in [0.3, 0.4) is 0 Å². The zero-order chi connectivity index (χ0) is 14.2. The molecule has 0 aliphatic carbocycles. The summed E-state index contributed by atoms with van der Waals surface area (Å²) >= 11 is 0. The quantitative estimate of drug-likeness (QED) is 0.769. The summed E-state index contributed by atoms with van der Waals surface area (Å²) in [4.78, 5) is 4.72. The van der Waals surface area contributed by atoms with E-state index in [9.17, 15) is 5.11 Å². The fraction of sp³-hybridized carbons (Fsp3) is 0.625. The molecule has 20 heavy (non-hydrogen) atoms. The van der Waals surface area contributed by atoms with E-state index in [1.165, 1.54) is 5.69 Å². The fourth-order valence-electron chi connectivity index (χ4n) is 2.54. The summed E-state index contributed by atoms with van der Waals surface area (Å²) in [6.07, 6.45) is 0.632. The van der Waals surface area contributed by atoms with E-state index in [1.54, 1.807) is 0 Å². The normalized spacial score (nSPS) is 18.2. The summed E-state index contributed by atoms with van der Waals surface area (Å²) < 4.78 is 5.39. The van der Waals surface area contributed by atoms with Gasteiger partial charge in [-0.1, -0.05) is 25.1 Å². The topological polar surface area (TPSA) is 35.9 Å². The number of β-amino-alcohol motifs (C(OH)–C–C–N with tert-alkyl or cyclic N) is 1. The predicted molar refractivity (Wildman–Crippen MR) is 82.2 cm³/mol. The van der Waals surface area contributed by atoms with E-state index in [0.29, 0.717) is 13.2 Å². The van der Waals surface area contributed by atoms with Crippen molar-refractivity contribution in [2.75, 3.05) is 50.8 Å². The molecule has 0 spiro atoms. The molecule has 4 heteroatoms. The first-order chi connectivity index (χ1) is 9.79. The molecule has 1 saturated heterocycles. The van der Waals surface area contributed by atoms with Gasteiger partial charge in [0.1, 0.15) is 0 Å². The molecule has 0 saturated carbocycles. The molecule has 1 atom stereocenters. The Bertz CT molecular complexity index is 364. The van der Waals surface area contributed by atoms with Gasteiger partial charge in [-0.25, -0.2) is 0 Å². The van der Waals surface area contributed by atoms with Crippen LogP contribution in [0.25, 0.3) is 0 Å². The van der Waals surface area contributed by atoms with Gasteiger partial charge in [0.25, 0.3) is 0 Å². The van der Waals surface area contributed by atoms with E-state index in [-0.39, 0.29) is 6.10 Å². The highest BCUT2D eigenvalue weighted by Gasteiger charge is 2.19. The second kappa shape index (κ2) is 8.25. The average Bonchev–Trinajstić information content (AvgIpc) is 2.49. The molecule has 1 aromatic carbocycles. The standard InChI is InChI=1S/C16H26N2O2/c1-2-12-20-14-16(19)13-17-8-10-18(11-9-17)15-6-4-3-5-7-15/h3-7,16,19H,2,8-14H2,1H3/t16-/m1/s1. The third-order valence-electron chi connectivity index (χ3n) is 3.62. The summed E-state index contributed by atoms with van der Waals surface area (Å²) in [6, 6.07) is 10.5. The van der Waals surface area contributed by atoms with Crippen LogP contribution in [0.4, 0.5) is 5.69 Å². The maximum Gasteiger partial charge on any atom is 0.0900 e. The lowest BCUT2D eigenvalue weighted by molar-refractivity contribution is 0.0160. The van der Waals surface area contributed by atoms with Crippen molar-refractivity contribution in [2.24, 2.45) is 0 Å². The molecule has 0 amide bonds. The zero-order valence-electron chi connectivity index (χ0n) is 12.4. The lowest BCUT2D eigenvalue weighted by atomic mass is 10.2. The van der Waals surface area contributed by atoms with Gasteiger partial charge in [-0.15, -0.1) is 0 Å². The number of benzene rings is 1. The van der Waals surface area contributed by atoms with E-state index in [1.807, 2.05) is 6.07 Å². The fourth-order valence-corrected chi connectivity index (χ4v) is 2.54. The number of rotatable bonds is 7. The van der Waals surface area contributed by atoms with Gasteiger partial charge < -0.3 is 14.7 Å². The molecule has 112 valence electrons. The Morgan fingerprint density at radius 1 is 1.15 bits per heavy atom. The van der Waals surface area contributed by atoms with Crippen LogP contribution in [0.5, 0.6) is 0 Å². The Hall–Kier alpha value is -1.10. The molecule has 1 aromatic rings. The molecule has 1 N–H and O–H groups in total. The smallest absolute Gasteiger partial charge is 0.0900 e. The van der Waals surface area contributed by atoms with Crippen molar-refractivity contribution in [1.82, 2.24) is 4.90 Å². The third kappa shape index (κ3) is 4.78. The molecule has 0 unspecified atom stereocenters. The molecular formula is C16H26N2O2. The van der Waals surface area contributed by atoms with Gasteiger partial charge in [0.2, 0.25) is 0 Å². The molecule has 2 rings (SSSR count). The third-order valence-corrected chi connectivity index (χ3v) is 3.62. The van der Waals surface area contributed by atoms with Crippen LogP contribution < -0.4 is 4.90 Å². The summed E-state index contributed by atoms with van der Waals surface area (Å²) in [7, 11) is 0. The molecule has 4 nitrogen and oxygen atoms in total. The number of para-hydroxylation sites is 1. The number of ether oxygens (including phenoxy) is 1. The highest BCUT2D eigenvalue weighted by molar-refractivity contribution is 5.46. The summed E-state index contributed by atoms with van der Waals surface area (Å²) in [5.41, 5.74) is 1.29. The minimum Gasteiger partial charge on any atom is -0.389 e. The van der Waals surface area contributed by atoms with E-state index in [2.05, 4.69) is 41.0 Å².